The first-order valence-electron chi connectivity index (χ1n) is 8.83. The van der Waals surface area contributed by atoms with Gasteiger partial charge in [-0.2, -0.15) is 8.42 Å². The van der Waals surface area contributed by atoms with E-state index in [9.17, 15) is 17.8 Å². The van der Waals surface area contributed by atoms with Crippen LogP contribution in [0.3, 0.4) is 0 Å². The van der Waals surface area contributed by atoms with Crippen LogP contribution < -0.4 is 0 Å². The third kappa shape index (κ3) is 3.99. The van der Waals surface area contributed by atoms with Crippen molar-refractivity contribution in [3.05, 3.63) is 114 Å². The first-order chi connectivity index (χ1) is 13.8. The number of esters is 1. The summed E-state index contributed by atoms with van der Waals surface area (Å²) >= 11 is 0. The van der Waals surface area contributed by atoms with Gasteiger partial charge in [0.05, 0.1) is 0 Å². The van der Waals surface area contributed by atoms with Gasteiger partial charge < -0.3 is 4.74 Å². The van der Waals surface area contributed by atoms with Crippen LogP contribution in [0, 0.1) is 0 Å². The van der Waals surface area contributed by atoms with E-state index in [1.165, 1.54) is 25.1 Å². The molecule has 0 heterocycles. The van der Waals surface area contributed by atoms with Gasteiger partial charge in [-0.05, 0) is 13.0 Å². The van der Waals surface area contributed by atoms with Crippen LogP contribution in [0.5, 0.6) is 0 Å². The Hall–Kier alpha value is -3.22. The second kappa shape index (κ2) is 8.03. The van der Waals surface area contributed by atoms with Crippen molar-refractivity contribution >= 4 is 16.1 Å². The minimum Gasteiger partial charge on any atom is -0.441 e. The molecule has 29 heavy (non-hydrogen) atoms. The molecule has 5 nitrogen and oxygen atoms in total. The molecule has 148 valence electrons. The fourth-order valence-corrected chi connectivity index (χ4v) is 3.95. The molecular weight excluding hydrogens is 388 g/mol. The number of benzene rings is 3. The maximum Gasteiger partial charge on any atom is 0.334 e. The highest BCUT2D eigenvalue weighted by atomic mass is 32.2. The molecule has 3 rings (SSSR count). The molecule has 0 aromatic heterocycles. The smallest absolute Gasteiger partial charge is 0.334 e. The van der Waals surface area contributed by atoms with Gasteiger partial charge in [-0.25, -0.2) is 4.79 Å². The van der Waals surface area contributed by atoms with E-state index in [1.54, 1.807) is 66.7 Å². The minimum atomic E-state index is -4.60. The first-order valence-corrected chi connectivity index (χ1v) is 10.3. The molecule has 0 fully saturated rings. The predicted molar refractivity (Wildman–Crippen MR) is 110 cm³/mol. The highest BCUT2D eigenvalue weighted by Crippen LogP contribution is 2.43. The molecule has 0 saturated carbocycles. The normalized spacial score (nSPS) is 11.7. The molecule has 0 aliphatic rings. The topological polar surface area (TPSA) is 80.7 Å². The van der Waals surface area contributed by atoms with Crippen LogP contribution in [0.25, 0.3) is 0 Å². The van der Waals surface area contributed by atoms with Crippen molar-refractivity contribution < 1.29 is 22.5 Å². The Morgan fingerprint density at radius 1 is 0.862 bits per heavy atom. The number of hydrogen-bond donors (Lipinski definition) is 1. The number of ether oxygens (including phenoxy) is 1. The quantitative estimate of drug-likeness (QED) is 0.284. The van der Waals surface area contributed by atoms with Crippen molar-refractivity contribution in [2.24, 2.45) is 0 Å². The summed E-state index contributed by atoms with van der Waals surface area (Å²) in [6.07, 6.45) is 0. The van der Waals surface area contributed by atoms with Crippen molar-refractivity contribution in [3.63, 3.8) is 0 Å². The van der Waals surface area contributed by atoms with Gasteiger partial charge in [0.1, 0.15) is 4.90 Å². The number of hydrogen-bond acceptors (Lipinski definition) is 4. The SMILES string of the molecule is C=C(C)C(=O)OC(c1ccccc1)(c1ccccc1)c1ccccc1S(=O)(=O)O. The second-order valence-electron chi connectivity index (χ2n) is 6.55. The summed E-state index contributed by atoms with van der Waals surface area (Å²) in [5.74, 6) is -0.692. The van der Waals surface area contributed by atoms with Gasteiger partial charge in [0.25, 0.3) is 10.1 Å². The zero-order valence-corrected chi connectivity index (χ0v) is 16.6. The lowest BCUT2D eigenvalue weighted by Crippen LogP contribution is -2.36. The van der Waals surface area contributed by atoms with Gasteiger partial charge in [0.2, 0.25) is 0 Å². The number of rotatable bonds is 6. The molecule has 0 amide bonds. The van der Waals surface area contributed by atoms with Gasteiger partial charge in [-0.1, -0.05) is 85.4 Å². The average Bonchev–Trinajstić information content (AvgIpc) is 2.72. The molecular formula is C23H20O5S. The average molecular weight is 408 g/mol. The molecule has 0 aliphatic heterocycles. The van der Waals surface area contributed by atoms with Crippen LogP contribution in [0.2, 0.25) is 0 Å². The minimum absolute atomic E-state index is 0.120. The van der Waals surface area contributed by atoms with Crippen molar-refractivity contribution in [3.8, 4) is 0 Å². The Labute approximate surface area is 170 Å². The molecule has 1 N–H and O–H groups in total. The molecule has 0 spiro atoms. The second-order valence-corrected chi connectivity index (χ2v) is 7.94. The molecule has 3 aromatic carbocycles. The van der Waals surface area contributed by atoms with Crippen LogP contribution in [-0.2, 0) is 25.3 Å². The zero-order valence-electron chi connectivity index (χ0n) is 15.8. The van der Waals surface area contributed by atoms with Crippen LogP contribution in [0.15, 0.2) is 102 Å². The van der Waals surface area contributed by atoms with Gasteiger partial charge in [0.15, 0.2) is 5.60 Å². The van der Waals surface area contributed by atoms with E-state index in [0.29, 0.717) is 11.1 Å². The van der Waals surface area contributed by atoms with Gasteiger partial charge >= 0.3 is 5.97 Å². The van der Waals surface area contributed by atoms with Crippen LogP contribution in [-0.4, -0.2) is 18.9 Å². The number of carbonyl (C=O) groups excluding carboxylic acids is 1. The monoisotopic (exact) mass is 408 g/mol. The van der Waals surface area contributed by atoms with Crippen LogP contribution in [0.1, 0.15) is 23.6 Å². The Balaban J connectivity index is 2.47. The van der Waals surface area contributed by atoms with Gasteiger partial charge in [-0.3, -0.25) is 4.55 Å². The third-order valence-electron chi connectivity index (χ3n) is 4.50. The standard InChI is InChI=1S/C23H20O5S/c1-17(2)22(24)28-23(18-11-5-3-6-12-18,19-13-7-4-8-14-19)20-15-9-10-16-21(20)29(25,26)27/h3-16H,1H2,2H3,(H,25,26,27). The van der Waals surface area contributed by atoms with Crippen LogP contribution >= 0.6 is 0 Å². The lowest BCUT2D eigenvalue weighted by molar-refractivity contribution is -0.148. The van der Waals surface area contributed by atoms with Gasteiger partial charge in [-0.15, -0.1) is 0 Å². The highest BCUT2D eigenvalue weighted by molar-refractivity contribution is 7.85. The van der Waals surface area contributed by atoms with Crippen molar-refractivity contribution in [2.45, 2.75) is 17.4 Å². The third-order valence-corrected chi connectivity index (χ3v) is 5.41. The maximum atomic E-state index is 12.7. The summed E-state index contributed by atoms with van der Waals surface area (Å²) in [7, 11) is -4.60. The summed E-state index contributed by atoms with van der Waals surface area (Å²) in [5, 5.41) is 0. The fourth-order valence-electron chi connectivity index (χ4n) is 3.20. The number of carbonyl (C=O) groups is 1. The molecule has 0 bridgehead atoms. The Morgan fingerprint density at radius 3 is 1.76 bits per heavy atom. The summed E-state index contributed by atoms with van der Waals surface area (Å²) in [5.41, 5.74) is -0.292. The maximum absolute atomic E-state index is 12.7. The zero-order chi connectivity index (χ0) is 21.1. The fraction of sp³-hybridized carbons (Fsp3) is 0.0870. The summed E-state index contributed by atoms with van der Waals surface area (Å²) in [4.78, 5) is 12.4. The Kier molecular flexibility index (Phi) is 5.68. The Bertz CT molecular complexity index is 1100. The summed E-state index contributed by atoms with van der Waals surface area (Å²) in [6, 6.07) is 23.5. The van der Waals surface area contributed by atoms with E-state index in [1.807, 2.05) is 0 Å². The molecule has 0 atom stereocenters. The van der Waals surface area contributed by atoms with Gasteiger partial charge in [0, 0.05) is 22.3 Å². The predicted octanol–water partition coefficient (Wildman–Crippen LogP) is 4.34. The first kappa shape index (κ1) is 20.5. The molecule has 0 saturated heterocycles. The van der Waals surface area contributed by atoms with Crippen molar-refractivity contribution in [1.29, 1.82) is 0 Å². The molecule has 0 unspecified atom stereocenters. The highest BCUT2D eigenvalue weighted by Gasteiger charge is 2.43. The van der Waals surface area contributed by atoms with E-state index in [4.69, 9.17) is 4.74 Å². The van der Waals surface area contributed by atoms with E-state index in [2.05, 4.69) is 6.58 Å². The lowest BCUT2D eigenvalue weighted by atomic mass is 9.80. The van der Waals surface area contributed by atoms with Crippen molar-refractivity contribution in [1.82, 2.24) is 0 Å². The Morgan fingerprint density at radius 2 is 1.31 bits per heavy atom. The summed E-state index contributed by atoms with van der Waals surface area (Å²) in [6.45, 7) is 5.16. The van der Waals surface area contributed by atoms with E-state index in [-0.39, 0.29) is 16.0 Å². The van der Waals surface area contributed by atoms with E-state index in [0.717, 1.165) is 0 Å². The van der Waals surface area contributed by atoms with Crippen LogP contribution in [0.4, 0.5) is 0 Å². The van der Waals surface area contributed by atoms with Crippen molar-refractivity contribution in [2.75, 3.05) is 0 Å². The molecule has 0 aliphatic carbocycles. The van der Waals surface area contributed by atoms with E-state index < -0.39 is 21.7 Å². The summed E-state index contributed by atoms with van der Waals surface area (Å²) < 4.78 is 40.2. The molecule has 0 radical (unpaired) electrons. The molecule has 6 heteroatoms. The van der Waals surface area contributed by atoms with E-state index >= 15 is 0 Å². The molecule has 3 aromatic rings. The largest absolute Gasteiger partial charge is 0.441 e. The lowest BCUT2D eigenvalue weighted by Gasteiger charge is -2.36.